The molecule has 4 fully saturated rings. The number of nitrogens with one attached hydrogen (secondary N) is 2. The van der Waals surface area contributed by atoms with Crippen molar-refractivity contribution in [3.63, 3.8) is 0 Å². The van der Waals surface area contributed by atoms with Crippen molar-refractivity contribution in [1.82, 2.24) is 15.3 Å². The third-order valence-electron chi connectivity index (χ3n) is 7.07. The van der Waals surface area contributed by atoms with Crippen LogP contribution in [-0.4, -0.2) is 67.5 Å². The maximum absolute atomic E-state index is 12.6. The molecule has 1 amide bonds. The molecule has 1 aromatic rings. The molecule has 5 heterocycles. The molecule has 0 saturated carbocycles. The Balaban J connectivity index is 1.26. The molecule has 8 heteroatoms. The summed E-state index contributed by atoms with van der Waals surface area (Å²) in [6, 6.07) is 1.87. The second kappa shape index (κ2) is 7.15. The third kappa shape index (κ3) is 3.03. The highest BCUT2D eigenvalue weighted by Gasteiger charge is 2.63. The first-order valence-electron chi connectivity index (χ1n) is 10.5. The largest absolute Gasteiger partial charge is 0.381 e. The monoisotopic (exact) mass is 387 g/mol. The lowest BCUT2D eigenvalue weighted by Gasteiger charge is -2.30. The Morgan fingerprint density at radius 2 is 2.21 bits per heavy atom. The summed E-state index contributed by atoms with van der Waals surface area (Å²) in [4.78, 5) is 23.9. The van der Waals surface area contributed by atoms with Gasteiger partial charge in [0.2, 0.25) is 11.9 Å². The van der Waals surface area contributed by atoms with Crippen molar-refractivity contribution >= 4 is 17.7 Å². The molecular weight excluding hydrogens is 358 g/mol. The van der Waals surface area contributed by atoms with Crippen LogP contribution < -0.4 is 15.5 Å². The Bertz CT molecular complexity index is 740. The molecule has 5 rings (SSSR count). The quantitative estimate of drug-likeness (QED) is 0.780. The standard InChI is InChI=1S/C20H29N5O3/c1-21-17-3-7-22-19(24-17)25-11-15-14(16-2-6-20(15,12-25)28-16)10-23-18(26)13-4-8-27-9-5-13/h3,7,13-16H,2,4-6,8-12H2,1H3,(H,23,26)(H,21,22,24)/t14-,15+,16+,20+/m0/s1. The summed E-state index contributed by atoms with van der Waals surface area (Å²) in [5.41, 5.74) is -0.0995. The molecule has 0 radical (unpaired) electrons. The van der Waals surface area contributed by atoms with Crippen molar-refractivity contribution in [3.05, 3.63) is 12.3 Å². The molecule has 0 aromatic carbocycles. The van der Waals surface area contributed by atoms with Gasteiger partial charge in [0.1, 0.15) is 5.82 Å². The van der Waals surface area contributed by atoms with Gasteiger partial charge in [0.25, 0.3) is 0 Å². The zero-order valence-electron chi connectivity index (χ0n) is 16.4. The number of fused-ring (bicyclic) bond motifs is 1. The number of rotatable bonds is 5. The van der Waals surface area contributed by atoms with E-state index in [1.807, 2.05) is 13.1 Å². The highest BCUT2D eigenvalue weighted by molar-refractivity contribution is 5.78. The molecule has 28 heavy (non-hydrogen) atoms. The fourth-order valence-corrected chi connectivity index (χ4v) is 5.58. The summed E-state index contributed by atoms with van der Waals surface area (Å²) < 4.78 is 11.9. The van der Waals surface area contributed by atoms with Crippen LogP contribution in [0.1, 0.15) is 25.7 Å². The average Bonchev–Trinajstić information content (AvgIpc) is 3.41. The van der Waals surface area contributed by atoms with E-state index in [9.17, 15) is 4.79 Å². The maximum atomic E-state index is 12.6. The van der Waals surface area contributed by atoms with E-state index in [0.29, 0.717) is 31.6 Å². The molecular formula is C20H29N5O3. The van der Waals surface area contributed by atoms with Crippen molar-refractivity contribution in [2.75, 3.05) is 50.1 Å². The van der Waals surface area contributed by atoms with Crippen LogP contribution in [-0.2, 0) is 14.3 Å². The highest BCUT2D eigenvalue weighted by atomic mass is 16.5. The van der Waals surface area contributed by atoms with Gasteiger partial charge in [-0.3, -0.25) is 4.79 Å². The van der Waals surface area contributed by atoms with Gasteiger partial charge in [-0.15, -0.1) is 0 Å². The van der Waals surface area contributed by atoms with E-state index < -0.39 is 0 Å². The van der Waals surface area contributed by atoms with Crippen molar-refractivity contribution < 1.29 is 14.3 Å². The van der Waals surface area contributed by atoms with Gasteiger partial charge in [-0.25, -0.2) is 4.98 Å². The first-order chi connectivity index (χ1) is 13.7. The van der Waals surface area contributed by atoms with Crippen molar-refractivity contribution in [1.29, 1.82) is 0 Å². The molecule has 4 aliphatic rings. The van der Waals surface area contributed by atoms with Gasteiger partial charge in [-0.2, -0.15) is 4.98 Å². The van der Waals surface area contributed by atoms with Gasteiger partial charge < -0.3 is 25.0 Å². The number of carbonyl (C=O) groups is 1. The van der Waals surface area contributed by atoms with E-state index in [4.69, 9.17) is 9.47 Å². The Hall–Kier alpha value is -1.93. The first-order valence-corrected chi connectivity index (χ1v) is 10.5. The van der Waals surface area contributed by atoms with Crippen LogP contribution in [0.5, 0.6) is 0 Å². The molecule has 0 unspecified atom stereocenters. The van der Waals surface area contributed by atoms with Crippen molar-refractivity contribution in [3.8, 4) is 0 Å². The molecule has 0 aliphatic carbocycles. The lowest BCUT2D eigenvalue weighted by Crippen LogP contribution is -2.43. The second-order valence-electron chi connectivity index (χ2n) is 8.53. The van der Waals surface area contributed by atoms with Crippen LogP contribution in [0.25, 0.3) is 0 Å². The number of hydrogen-bond donors (Lipinski definition) is 2. The minimum atomic E-state index is -0.0995. The molecule has 4 saturated heterocycles. The van der Waals surface area contributed by atoms with Crippen LogP contribution in [0.3, 0.4) is 0 Å². The van der Waals surface area contributed by atoms with Gasteiger partial charge in [0.05, 0.1) is 18.2 Å². The fourth-order valence-electron chi connectivity index (χ4n) is 5.58. The van der Waals surface area contributed by atoms with Crippen LogP contribution in [0, 0.1) is 17.8 Å². The predicted molar refractivity (Wildman–Crippen MR) is 104 cm³/mol. The lowest BCUT2D eigenvalue weighted by molar-refractivity contribution is -0.128. The number of ether oxygens (including phenoxy) is 2. The molecule has 1 aromatic heterocycles. The average molecular weight is 387 g/mol. The van der Waals surface area contributed by atoms with Crippen LogP contribution >= 0.6 is 0 Å². The SMILES string of the molecule is CNc1ccnc(N2C[C@@H]3[C@H](CNC(=O)C4CCOCC4)[C@H]4CC[C@]3(C2)O4)n1. The molecule has 4 atom stereocenters. The van der Waals surface area contributed by atoms with Crippen molar-refractivity contribution in [2.24, 2.45) is 17.8 Å². The summed E-state index contributed by atoms with van der Waals surface area (Å²) in [6.45, 7) is 3.82. The number of carbonyl (C=O) groups excluding carboxylic acids is 1. The predicted octanol–water partition coefficient (Wildman–Crippen LogP) is 1.04. The van der Waals surface area contributed by atoms with E-state index in [-0.39, 0.29) is 23.5 Å². The van der Waals surface area contributed by atoms with Crippen molar-refractivity contribution in [2.45, 2.75) is 37.4 Å². The Labute approximate surface area is 165 Å². The van der Waals surface area contributed by atoms with Crippen LogP contribution in [0.4, 0.5) is 11.8 Å². The zero-order chi connectivity index (χ0) is 19.1. The van der Waals surface area contributed by atoms with Crippen LogP contribution in [0.15, 0.2) is 12.3 Å². The van der Waals surface area contributed by atoms with E-state index in [2.05, 4.69) is 25.5 Å². The second-order valence-corrected chi connectivity index (χ2v) is 8.53. The molecule has 8 nitrogen and oxygen atoms in total. The van der Waals surface area contributed by atoms with E-state index in [1.54, 1.807) is 6.20 Å². The minimum Gasteiger partial charge on any atom is -0.381 e. The maximum Gasteiger partial charge on any atom is 0.227 e. The molecule has 4 aliphatic heterocycles. The number of amides is 1. The van der Waals surface area contributed by atoms with Gasteiger partial charge in [0, 0.05) is 57.3 Å². The van der Waals surface area contributed by atoms with Gasteiger partial charge in [-0.05, 0) is 31.7 Å². The van der Waals surface area contributed by atoms with E-state index >= 15 is 0 Å². The Morgan fingerprint density at radius 3 is 3.04 bits per heavy atom. The highest BCUT2D eigenvalue weighted by Crippen LogP contribution is 2.55. The fraction of sp³-hybridized carbons (Fsp3) is 0.750. The lowest BCUT2D eigenvalue weighted by atomic mass is 9.73. The van der Waals surface area contributed by atoms with Gasteiger partial charge in [0.15, 0.2) is 0 Å². The number of hydrogen-bond acceptors (Lipinski definition) is 7. The number of aromatic nitrogens is 2. The summed E-state index contributed by atoms with van der Waals surface area (Å²) >= 11 is 0. The normalized spacial score (nSPS) is 34.5. The van der Waals surface area contributed by atoms with Crippen LogP contribution in [0.2, 0.25) is 0 Å². The smallest absolute Gasteiger partial charge is 0.227 e. The molecule has 1 spiro atoms. The third-order valence-corrected chi connectivity index (χ3v) is 7.07. The minimum absolute atomic E-state index is 0.0972. The van der Waals surface area contributed by atoms with Gasteiger partial charge >= 0.3 is 0 Å². The van der Waals surface area contributed by atoms with Gasteiger partial charge in [-0.1, -0.05) is 0 Å². The zero-order valence-corrected chi connectivity index (χ0v) is 16.4. The molecule has 2 bridgehead atoms. The molecule has 152 valence electrons. The number of nitrogens with zero attached hydrogens (tertiary/aromatic N) is 3. The summed E-state index contributed by atoms with van der Waals surface area (Å²) in [5, 5.41) is 6.31. The summed E-state index contributed by atoms with van der Waals surface area (Å²) in [5.74, 6) is 2.65. The topological polar surface area (TPSA) is 88.6 Å². The molecule has 2 N–H and O–H groups in total. The van der Waals surface area contributed by atoms with E-state index in [0.717, 1.165) is 50.5 Å². The first kappa shape index (κ1) is 18.1. The Kier molecular flexibility index (Phi) is 4.63. The summed E-state index contributed by atoms with van der Waals surface area (Å²) in [7, 11) is 1.87. The summed E-state index contributed by atoms with van der Waals surface area (Å²) in [6.07, 6.45) is 5.90. The van der Waals surface area contributed by atoms with E-state index in [1.165, 1.54) is 0 Å². The Morgan fingerprint density at radius 1 is 1.36 bits per heavy atom. The number of anilines is 2.